The lowest BCUT2D eigenvalue weighted by atomic mass is 10.0. The van der Waals surface area contributed by atoms with Crippen molar-refractivity contribution in [2.75, 3.05) is 4.72 Å². The summed E-state index contributed by atoms with van der Waals surface area (Å²) in [6.45, 7) is 4.10. The van der Waals surface area contributed by atoms with Crippen molar-refractivity contribution in [1.29, 1.82) is 0 Å². The first kappa shape index (κ1) is 20.4. The molecule has 0 spiro atoms. The topological polar surface area (TPSA) is 72.2 Å². The average Bonchev–Trinajstić information content (AvgIpc) is 3.18. The molecule has 4 aromatic rings. The molecule has 7 heteroatoms. The van der Waals surface area contributed by atoms with E-state index in [1.54, 1.807) is 54.8 Å². The lowest BCUT2D eigenvalue weighted by molar-refractivity contribution is 0.575. The van der Waals surface area contributed by atoms with Crippen molar-refractivity contribution in [2.45, 2.75) is 18.7 Å². The molecule has 0 aliphatic heterocycles. The van der Waals surface area contributed by atoms with Gasteiger partial charge in [0.15, 0.2) is 0 Å². The Bertz CT molecular complexity index is 1300. The second kappa shape index (κ2) is 8.08. The van der Waals surface area contributed by atoms with Crippen LogP contribution < -0.4 is 4.72 Å². The molecule has 3 aromatic carbocycles. The van der Waals surface area contributed by atoms with Crippen LogP contribution in [0.15, 0.2) is 86.8 Å². The van der Waals surface area contributed by atoms with Crippen molar-refractivity contribution < 1.29 is 12.8 Å². The van der Waals surface area contributed by atoms with Gasteiger partial charge in [0.2, 0.25) is 5.89 Å². The predicted molar refractivity (Wildman–Crippen MR) is 122 cm³/mol. The van der Waals surface area contributed by atoms with E-state index in [2.05, 4.69) is 38.6 Å². The van der Waals surface area contributed by atoms with Gasteiger partial charge in [0.1, 0.15) is 12.0 Å². The van der Waals surface area contributed by atoms with Crippen molar-refractivity contribution in [3.8, 4) is 22.7 Å². The first-order chi connectivity index (χ1) is 14.3. The van der Waals surface area contributed by atoms with Crippen LogP contribution in [0.1, 0.15) is 11.1 Å². The normalized spacial score (nSPS) is 11.4. The van der Waals surface area contributed by atoms with E-state index in [9.17, 15) is 8.42 Å². The smallest absolute Gasteiger partial charge is 0.261 e. The third kappa shape index (κ3) is 4.32. The van der Waals surface area contributed by atoms with Crippen LogP contribution in [-0.2, 0) is 10.0 Å². The van der Waals surface area contributed by atoms with E-state index in [4.69, 9.17) is 4.42 Å². The van der Waals surface area contributed by atoms with Gasteiger partial charge >= 0.3 is 0 Å². The van der Waals surface area contributed by atoms with E-state index in [0.717, 1.165) is 26.9 Å². The van der Waals surface area contributed by atoms with Gasteiger partial charge in [-0.1, -0.05) is 39.7 Å². The number of benzene rings is 3. The maximum atomic E-state index is 12.5. The molecule has 0 saturated heterocycles. The number of aryl methyl sites for hydroxylation is 2. The second-order valence-corrected chi connectivity index (χ2v) is 9.59. The maximum absolute atomic E-state index is 12.5. The fourth-order valence-corrected chi connectivity index (χ4v) is 4.46. The lowest BCUT2D eigenvalue weighted by Gasteiger charge is -2.08. The molecule has 1 aromatic heterocycles. The monoisotopic (exact) mass is 482 g/mol. The van der Waals surface area contributed by atoms with Gasteiger partial charge in [0.25, 0.3) is 10.0 Å². The SMILES string of the molecule is Cc1ccc(-c2coc(-c3ccc(NS(=O)(=O)c4ccc(Br)cc4)cc3)n2)c(C)c1. The minimum atomic E-state index is -3.66. The third-order valence-corrected chi connectivity index (χ3v) is 6.60. The van der Waals surface area contributed by atoms with Crippen LogP contribution >= 0.6 is 15.9 Å². The number of rotatable bonds is 5. The van der Waals surface area contributed by atoms with Crippen molar-refractivity contribution in [2.24, 2.45) is 0 Å². The molecule has 0 atom stereocenters. The number of aromatic nitrogens is 1. The zero-order valence-corrected chi connectivity index (χ0v) is 18.8. The van der Waals surface area contributed by atoms with Crippen molar-refractivity contribution >= 4 is 31.6 Å². The van der Waals surface area contributed by atoms with E-state index < -0.39 is 10.0 Å². The first-order valence-corrected chi connectivity index (χ1v) is 11.5. The quantitative estimate of drug-likeness (QED) is 0.368. The summed E-state index contributed by atoms with van der Waals surface area (Å²) >= 11 is 3.30. The summed E-state index contributed by atoms with van der Waals surface area (Å²) in [6.07, 6.45) is 1.64. The average molecular weight is 483 g/mol. The molecule has 152 valence electrons. The molecule has 4 rings (SSSR count). The van der Waals surface area contributed by atoms with Gasteiger partial charge in [-0.2, -0.15) is 0 Å². The summed E-state index contributed by atoms with van der Waals surface area (Å²) in [4.78, 5) is 4.79. The predicted octanol–water partition coefficient (Wildman–Crippen LogP) is 6.19. The summed E-state index contributed by atoms with van der Waals surface area (Å²) in [5.74, 6) is 0.479. The number of anilines is 1. The van der Waals surface area contributed by atoms with Gasteiger partial charge in [-0.05, 0) is 67.9 Å². The summed E-state index contributed by atoms with van der Waals surface area (Å²) < 4.78 is 34.1. The fraction of sp³-hybridized carbons (Fsp3) is 0.0870. The molecule has 0 saturated carbocycles. The van der Waals surface area contributed by atoms with Crippen LogP contribution in [0.4, 0.5) is 5.69 Å². The van der Waals surface area contributed by atoms with Crippen molar-refractivity contribution in [3.05, 3.63) is 88.6 Å². The van der Waals surface area contributed by atoms with Gasteiger partial charge in [-0.25, -0.2) is 13.4 Å². The molecule has 0 aliphatic carbocycles. The Labute approximate surface area is 184 Å². The Hall–Kier alpha value is -2.90. The highest BCUT2D eigenvalue weighted by Crippen LogP contribution is 2.28. The Morgan fingerprint density at radius 2 is 1.63 bits per heavy atom. The zero-order chi connectivity index (χ0) is 21.3. The number of oxazole rings is 1. The molecule has 0 radical (unpaired) electrons. The third-order valence-electron chi connectivity index (χ3n) is 4.67. The van der Waals surface area contributed by atoms with Gasteiger partial charge in [0, 0.05) is 21.3 Å². The number of hydrogen-bond acceptors (Lipinski definition) is 4. The molecule has 1 N–H and O–H groups in total. The maximum Gasteiger partial charge on any atom is 0.261 e. The number of hydrogen-bond donors (Lipinski definition) is 1. The van der Waals surface area contributed by atoms with Crippen LogP contribution in [0.2, 0.25) is 0 Å². The summed E-state index contributed by atoms with van der Waals surface area (Å²) in [5, 5.41) is 0. The summed E-state index contributed by atoms with van der Waals surface area (Å²) in [6, 6.07) is 19.6. The van der Waals surface area contributed by atoms with E-state index in [1.807, 2.05) is 19.1 Å². The molecule has 0 amide bonds. The molecular weight excluding hydrogens is 464 g/mol. The van der Waals surface area contributed by atoms with Gasteiger partial charge in [-0.15, -0.1) is 0 Å². The second-order valence-electron chi connectivity index (χ2n) is 6.99. The van der Waals surface area contributed by atoms with Crippen LogP contribution in [0.25, 0.3) is 22.7 Å². The molecular formula is C23H19BrN2O3S. The molecule has 0 fully saturated rings. The Balaban J connectivity index is 1.54. The van der Waals surface area contributed by atoms with Crippen molar-refractivity contribution in [3.63, 3.8) is 0 Å². The molecule has 5 nitrogen and oxygen atoms in total. The highest BCUT2D eigenvalue weighted by Gasteiger charge is 2.15. The van der Waals surface area contributed by atoms with E-state index in [1.165, 1.54) is 5.56 Å². The number of sulfonamides is 1. The Morgan fingerprint density at radius 1 is 0.933 bits per heavy atom. The molecule has 0 aliphatic rings. The summed E-state index contributed by atoms with van der Waals surface area (Å²) in [5.41, 5.74) is 5.34. The van der Waals surface area contributed by atoms with Crippen LogP contribution in [-0.4, -0.2) is 13.4 Å². The van der Waals surface area contributed by atoms with E-state index >= 15 is 0 Å². The molecule has 30 heavy (non-hydrogen) atoms. The molecule has 0 bridgehead atoms. The van der Waals surface area contributed by atoms with Gasteiger partial charge < -0.3 is 4.42 Å². The zero-order valence-electron chi connectivity index (χ0n) is 16.4. The van der Waals surface area contributed by atoms with Crippen LogP contribution in [0.3, 0.4) is 0 Å². The minimum Gasteiger partial charge on any atom is -0.444 e. The largest absolute Gasteiger partial charge is 0.444 e. The lowest BCUT2D eigenvalue weighted by Crippen LogP contribution is -2.12. The Morgan fingerprint density at radius 3 is 2.30 bits per heavy atom. The highest BCUT2D eigenvalue weighted by atomic mass is 79.9. The fourth-order valence-electron chi connectivity index (χ4n) is 3.14. The van der Waals surface area contributed by atoms with E-state index in [-0.39, 0.29) is 4.90 Å². The number of halogens is 1. The van der Waals surface area contributed by atoms with Crippen LogP contribution in [0.5, 0.6) is 0 Å². The number of nitrogens with zero attached hydrogens (tertiary/aromatic N) is 1. The standard InChI is InChI=1S/C23H19BrN2O3S/c1-15-3-12-21(16(2)13-15)22-14-29-23(25-22)17-4-8-19(9-5-17)26-30(27,28)20-10-6-18(24)7-11-20/h3-14,26H,1-2H3. The van der Waals surface area contributed by atoms with Gasteiger partial charge in [0.05, 0.1) is 4.90 Å². The summed E-state index contributed by atoms with van der Waals surface area (Å²) in [7, 11) is -3.66. The van der Waals surface area contributed by atoms with Crippen LogP contribution in [0, 0.1) is 13.8 Å². The van der Waals surface area contributed by atoms with E-state index in [0.29, 0.717) is 11.6 Å². The first-order valence-electron chi connectivity index (χ1n) is 9.24. The molecule has 0 unspecified atom stereocenters. The van der Waals surface area contributed by atoms with Gasteiger partial charge in [-0.3, -0.25) is 4.72 Å². The molecule has 1 heterocycles. The Kier molecular flexibility index (Phi) is 5.49. The van der Waals surface area contributed by atoms with Crippen molar-refractivity contribution in [1.82, 2.24) is 4.98 Å². The minimum absolute atomic E-state index is 0.195. The number of nitrogens with one attached hydrogen (secondary N) is 1. The highest BCUT2D eigenvalue weighted by molar-refractivity contribution is 9.10.